The lowest BCUT2D eigenvalue weighted by Gasteiger charge is -2.00. The lowest BCUT2D eigenvalue weighted by Crippen LogP contribution is -2.07. The number of hydrogen-bond donors (Lipinski definition) is 0. The Bertz CT molecular complexity index is 445. The predicted octanol–water partition coefficient (Wildman–Crippen LogP) is 1.78. The molecule has 74 valence electrons. The van der Waals surface area contributed by atoms with Crippen molar-refractivity contribution in [3.8, 4) is 6.07 Å². The normalized spacial score (nSPS) is 10.9. The number of nitriles is 1. The van der Waals surface area contributed by atoms with Crippen molar-refractivity contribution < 1.29 is 8.42 Å². The molecule has 0 aliphatic rings. The van der Waals surface area contributed by atoms with Crippen molar-refractivity contribution in [1.82, 2.24) is 0 Å². The van der Waals surface area contributed by atoms with E-state index in [0.29, 0.717) is 10.6 Å². The molecule has 0 atom stereocenters. The monoisotopic (exact) mass is 229 g/mol. The standard InChI is InChI=1S/C9H8ClNO2S/c10-9-3-1-8(2-4-9)7-14(12,13)6-5-11/h1-4H,6-7H2. The molecule has 0 aliphatic heterocycles. The number of hydrogen-bond acceptors (Lipinski definition) is 3. The summed E-state index contributed by atoms with van der Waals surface area (Å²) < 4.78 is 22.5. The van der Waals surface area contributed by atoms with Crippen LogP contribution in [0, 0.1) is 11.3 Å². The van der Waals surface area contributed by atoms with E-state index >= 15 is 0 Å². The largest absolute Gasteiger partial charge is 0.227 e. The van der Waals surface area contributed by atoms with Gasteiger partial charge >= 0.3 is 0 Å². The van der Waals surface area contributed by atoms with Crippen LogP contribution in [0.15, 0.2) is 24.3 Å². The maximum Gasteiger partial charge on any atom is 0.167 e. The van der Waals surface area contributed by atoms with Gasteiger partial charge in [-0.3, -0.25) is 0 Å². The van der Waals surface area contributed by atoms with Gasteiger partial charge in [-0.2, -0.15) is 5.26 Å². The maximum absolute atomic E-state index is 11.2. The van der Waals surface area contributed by atoms with Gasteiger partial charge in [-0.1, -0.05) is 23.7 Å². The highest BCUT2D eigenvalue weighted by Crippen LogP contribution is 2.12. The van der Waals surface area contributed by atoms with Gasteiger partial charge in [0.25, 0.3) is 0 Å². The number of benzene rings is 1. The first-order valence-electron chi connectivity index (χ1n) is 3.85. The summed E-state index contributed by atoms with van der Waals surface area (Å²) in [6, 6.07) is 8.15. The van der Waals surface area contributed by atoms with E-state index in [4.69, 9.17) is 16.9 Å². The van der Waals surface area contributed by atoms with Crippen molar-refractivity contribution in [3.05, 3.63) is 34.9 Å². The SMILES string of the molecule is N#CCS(=O)(=O)Cc1ccc(Cl)cc1. The van der Waals surface area contributed by atoms with E-state index in [1.54, 1.807) is 30.3 Å². The fraction of sp³-hybridized carbons (Fsp3) is 0.222. The summed E-state index contributed by atoms with van der Waals surface area (Å²) >= 11 is 5.64. The van der Waals surface area contributed by atoms with Crippen LogP contribution in [-0.2, 0) is 15.6 Å². The third-order valence-corrected chi connectivity index (χ3v) is 3.18. The summed E-state index contributed by atoms with van der Waals surface area (Å²) in [5, 5.41) is 8.84. The van der Waals surface area contributed by atoms with Crippen LogP contribution in [0.25, 0.3) is 0 Å². The molecular formula is C9H8ClNO2S. The van der Waals surface area contributed by atoms with Crippen LogP contribution in [0.2, 0.25) is 5.02 Å². The summed E-state index contributed by atoms with van der Waals surface area (Å²) in [6.07, 6.45) is 0. The minimum absolute atomic E-state index is 0.113. The average Bonchev–Trinajstić information content (AvgIpc) is 2.08. The molecule has 0 N–H and O–H groups in total. The molecule has 0 radical (unpaired) electrons. The van der Waals surface area contributed by atoms with Gasteiger partial charge in [-0.15, -0.1) is 0 Å². The van der Waals surface area contributed by atoms with Crippen molar-refractivity contribution >= 4 is 21.4 Å². The highest BCUT2D eigenvalue weighted by molar-refractivity contribution is 7.90. The van der Waals surface area contributed by atoms with Gasteiger partial charge in [0.15, 0.2) is 9.84 Å². The molecule has 0 saturated carbocycles. The summed E-state index contributed by atoms with van der Waals surface area (Å²) in [6.45, 7) is 0. The Labute approximate surface area is 87.8 Å². The molecule has 0 aromatic heterocycles. The molecule has 14 heavy (non-hydrogen) atoms. The van der Waals surface area contributed by atoms with Crippen LogP contribution in [0.1, 0.15) is 5.56 Å². The van der Waals surface area contributed by atoms with Gasteiger partial charge in [-0.25, -0.2) is 8.42 Å². The van der Waals surface area contributed by atoms with Gasteiger partial charge in [0.05, 0.1) is 11.8 Å². The molecule has 1 aromatic carbocycles. The first-order valence-corrected chi connectivity index (χ1v) is 6.05. The predicted molar refractivity (Wildman–Crippen MR) is 54.6 cm³/mol. The molecule has 0 amide bonds. The molecule has 0 heterocycles. The lowest BCUT2D eigenvalue weighted by atomic mass is 10.2. The smallest absolute Gasteiger partial charge is 0.167 e. The average molecular weight is 230 g/mol. The van der Waals surface area contributed by atoms with Gasteiger partial charge in [0.2, 0.25) is 0 Å². The molecule has 3 nitrogen and oxygen atoms in total. The Balaban J connectivity index is 2.80. The van der Waals surface area contributed by atoms with Crippen LogP contribution < -0.4 is 0 Å². The molecular weight excluding hydrogens is 222 g/mol. The fourth-order valence-electron chi connectivity index (χ4n) is 0.984. The van der Waals surface area contributed by atoms with E-state index < -0.39 is 15.6 Å². The minimum Gasteiger partial charge on any atom is -0.227 e. The molecule has 5 heteroatoms. The van der Waals surface area contributed by atoms with Crippen molar-refractivity contribution in [2.24, 2.45) is 0 Å². The van der Waals surface area contributed by atoms with Crippen molar-refractivity contribution in [2.75, 3.05) is 5.75 Å². The molecule has 0 unspecified atom stereocenters. The number of nitrogens with zero attached hydrogens (tertiary/aromatic N) is 1. The third kappa shape index (κ3) is 3.36. The molecule has 0 fully saturated rings. The van der Waals surface area contributed by atoms with Crippen LogP contribution in [0.4, 0.5) is 0 Å². The first kappa shape index (κ1) is 11.0. The number of halogens is 1. The maximum atomic E-state index is 11.2. The minimum atomic E-state index is -3.30. The molecule has 0 aliphatic carbocycles. The second kappa shape index (κ2) is 4.45. The van der Waals surface area contributed by atoms with Gasteiger partial charge < -0.3 is 0 Å². The first-order chi connectivity index (χ1) is 6.53. The zero-order valence-corrected chi connectivity index (χ0v) is 8.85. The van der Waals surface area contributed by atoms with E-state index in [1.807, 2.05) is 0 Å². The Morgan fingerprint density at radius 2 is 1.86 bits per heavy atom. The fourth-order valence-corrected chi connectivity index (χ4v) is 2.11. The van der Waals surface area contributed by atoms with E-state index in [2.05, 4.69) is 0 Å². The Kier molecular flexibility index (Phi) is 3.50. The Morgan fingerprint density at radius 1 is 1.29 bits per heavy atom. The second-order valence-corrected chi connectivity index (χ2v) is 5.32. The van der Waals surface area contributed by atoms with Gasteiger partial charge in [0.1, 0.15) is 5.75 Å². The Hall–Kier alpha value is -1.05. The summed E-state index contributed by atoms with van der Waals surface area (Å²) in [5.41, 5.74) is 0.643. The van der Waals surface area contributed by atoms with Crippen LogP contribution in [0.3, 0.4) is 0 Å². The van der Waals surface area contributed by atoms with E-state index in [1.165, 1.54) is 0 Å². The molecule has 1 rings (SSSR count). The summed E-state index contributed by atoms with van der Waals surface area (Å²) in [7, 11) is -3.30. The summed E-state index contributed by atoms with van der Waals surface area (Å²) in [4.78, 5) is 0. The van der Waals surface area contributed by atoms with Crippen molar-refractivity contribution in [3.63, 3.8) is 0 Å². The van der Waals surface area contributed by atoms with Gasteiger partial charge in [-0.05, 0) is 17.7 Å². The van der Waals surface area contributed by atoms with Gasteiger partial charge in [0, 0.05) is 5.02 Å². The zero-order valence-electron chi connectivity index (χ0n) is 7.27. The third-order valence-electron chi connectivity index (χ3n) is 1.58. The Morgan fingerprint density at radius 3 is 2.36 bits per heavy atom. The topological polar surface area (TPSA) is 57.9 Å². The molecule has 0 spiro atoms. The van der Waals surface area contributed by atoms with Crippen LogP contribution in [-0.4, -0.2) is 14.2 Å². The summed E-state index contributed by atoms with van der Waals surface area (Å²) in [5.74, 6) is -0.562. The van der Waals surface area contributed by atoms with E-state index in [9.17, 15) is 8.42 Å². The molecule has 0 bridgehead atoms. The zero-order chi connectivity index (χ0) is 10.6. The number of rotatable bonds is 3. The quantitative estimate of drug-likeness (QED) is 0.794. The highest BCUT2D eigenvalue weighted by atomic mass is 35.5. The van der Waals surface area contributed by atoms with Crippen LogP contribution in [0.5, 0.6) is 0 Å². The van der Waals surface area contributed by atoms with Crippen LogP contribution >= 0.6 is 11.6 Å². The van der Waals surface area contributed by atoms with E-state index in [0.717, 1.165) is 0 Å². The number of sulfone groups is 1. The van der Waals surface area contributed by atoms with Crippen molar-refractivity contribution in [1.29, 1.82) is 5.26 Å². The van der Waals surface area contributed by atoms with Crippen molar-refractivity contribution in [2.45, 2.75) is 5.75 Å². The second-order valence-electron chi connectivity index (χ2n) is 2.82. The van der Waals surface area contributed by atoms with E-state index in [-0.39, 0.29) is 5.75 Å². The highest BCUT2D eigenvalue weighted by Gasteiger charge is 2.10. The molecule has 0 saturated heterocycles. The molecule has 1 aromatic rings. The lowest BCUT2D eigenvalue weighted by molar-refractivity contribution is 0.598.